The lowest BCUT2D eigenvalue weighted by molar-refractivity contribution is -0.133. The molecule has 5 rings (SSSR count). The highest BCUT2D eigenvalue weighted by Crippen LogP contribution is 2.26. The minimum absolute atomic E-state index is 0.0343. The number of benzene rings is 3. The van der Waals surface area contributed by atoms with Crippen molar-refractivity contribution in [1.82, 2.24) is 19.4 Å². The summed E-state index contributed by atoms with van der Waals surface area (Å²) in [5.74, 6) is 0.668. The Balaban J connectivity index is 1.37. The molecular weight excluding hydrogens is 472 g/mol. The molecule has 2 heterocycles. The lowest BCUT2D eigenvalue weighted by atomic mass is 10.1. The van der Waals surface area contributed by atoms with Crippen LogP contribution in [-0.2, 0) is 11.3 Å². The second-order valence-electron chi connectivity index (χ2n) is 9.17. The fourth-order valence-corrected chi connectivity index (χ4v) is 5.12. The monoisotopic (exact) mass is 500 g/mol. The first kappa shape index (κ1) is 24.2. The first-order valence-electron chi connectivity index (χ1n) is 12.3. The van der Waals surface area contributed by atoms with Gasteiger partial charge >= 0.3 is 0 Å². The number of amides is 1. The molecule has 4 aromatic rings. The Morgan fingerprint density at radius 1 is 0.889 bits per heavy atom. The van der Waals surface area contributed by atoms with Crippen molar-refractivity contribution in [1.29, 1.82) is 0 Å². The minimum atomic E-state index is -0.687. The van der Waals surface area contributed by atoms with E-state index in [1.165, 1.54) is 0 Å². The van der Waals surface area contributed by atoms with Gasteiger partial charge in [-0.25, -0.2) is 4.98 Å². The van der Waals surface area contributed by atoms with E-state index in [9.17, 15) is 9.59 Å². The van der Waals surface area contributed by atoms with E-state index in [0.717, 1.165) is 17.0 Å². The van der Waals surface area contributed by atoms with Gasteiger partial charge in [0.05, 0.1) is 23.5 Å². The molecule has 0 spiro atoms. The number of fused-ring (bicyclic) bond motifs is 1. The van der Waals surface area contributed by atoms with Crippen LogP contribution in [0, 0.1) is 0 Å². The van der Waals surface area contributed by atoms with E-state index >= 15 is 0 Å². The van der Waals surface area contributed by atoms with Crippen molar-refractivity contribution >= 4 is 28.4 Å². The van der Waals surface area contributed by atoms with E-state index in [2.05, 4.69) is 11.8 Å². The van der Waals surface area contributed by atoms with Gasteiger partial charge in [-0.2, -0.15) is 0 Å². The predicted octanol–water partition coefficient (Wildman–Crippen LogP) is 4.63. The highest BCUT2D eigenvalue weighted by atomic mass is 35.5. The van der Waals surface area contributed by atoms with E-state index in [1.54, 1.807) is 4.57 Å². The Labute approximate surface area is 215 Å². The molecule has 1 amide bonds. The van der Waals surface area contributed by atoms with Gasteiger partial charge in [0, 0.05) is 26.2 Å². The standard InChI is InChI=1S/C29H29ClN4O2/c1-21(32-16-18-33(19-17-32)29(36)26(30)23-12-6-3-7-13-23)27-31-25-15-9-8-14-24(25)28(35)34(27)20-22-10-4-2-5-11-22/h2-15,21,26H,16-20H2,1H3. The molecule has 1 aliphatic rings. The van der Waals surface area contributed by atoms with Crippen LogP contribution in [0.3, 0.4) is 0 Å². The van der Waals surface area contributed by atoms with Gasteiger partial charge < -0.3 is 4.90 Å². The SMILES string of the molecule is CC(c1nc2ccccc2c(=O)n1Cc1ccccc1)N1CCN(C(=O)C(Cl)c2ccccc2)CC1. The molecule has 2 atom stereocenters. The van der Waals surface area contributed by atoms with Crippen LogP contribution in [-0.4, -0.2) is 51.4 Å². The fraction of sp³-hybridized carbons (Fsp3) is 0.276. The van der Waals surface area contributed by atoms with E-state index < -0.39 is 5.38 Å². The van der Waals surface area contributed by atoms with Crippen LogP contribution in [0.5, 0.6) is 0 Å². The highest BCUT2D eigenvalue weighted by molar-refractivity contribution is 6.30. The van der Waals surface area contributed by atoms with Crippen molar-refractivity contribution in [2.75, 3.05) is 26.2 Å². The second kappa shape index (κ2) is 10.6. The van der Waals surface area contributed by atoms with Crippen molar-refractivity contribution in [3.8, 4) is 0 Å². The Morgan fingerprint density at radius 2 is 1.50 bits per heavy atom. The van der Waals surface area contributed by atoms with Crippen LogP contribution in [0.15, 0.2) is 89.7 Å². The van der Waals surface area contributed by atoms with Crippen molar-refractivity contribution < 1.29 is 4.79 Å². The lowest BCUT2D eigenvalue weighted by Gasteiger charge is -2.38. The quantitative estimate of drug-likeness (QED) is 0.362. The lowest BCUT2D eigenvalue weighted by Crippen LogP contribution is -2.50. The molecule has 184 valence electrons. The number of alkyl halides is 1. The number of carbonyl (C=O) groups is 1. The summed E-state index contributed by atoms with van der Waals surface area (Å²) in [7, 11) is 0. The average Bonchev–Trinajstić information content (AvgIpc) is 2.94. The van der Waals surface area contributed by atoms with Gasteiger partial charge in [-0.3, -0.25) is 19.1 Å². The number of aromatic nitrogens is 2. The average molecular weight is 501 g/mol. The third kappa shape index (κ3) is 4.92. The first-order valence-corrected chi connectivity index (χ1v) is 12.7. The predicted molar refractivity (Wildman–Crippen MR) is 143 cm³/mol. The Hall–Kier alpha value is -3.48. The number of para-hydroxylation sites is 1. The molecule has 3 aromatic carbocycles. The number of nitrogens with zero attached hydrogens (tertiary/aromatic N) is 4. The van der Waals surface area contributed by atoms with Gasteiger partial charge in [0.25, 0.3) is 5.56 Å². The molecule has 0 radical (unpaired) electrons. The van der Waals surface area contributed by atoms with Crippen molar-refractivity contribution in [2.45, 2.75) is 24.9 Å². The Kier molecular flexibility index (Phi) is 7.16. The normalized spacial score (nSPS) is 16.1. The molecule has 0 bridgehead atoms. The molecule has 0 N–H and O–H groups in total. The molecule has 0 aliphatic carbocycles. The van der Waals surface area contributed by atoms with Gasteiger partial charge in [-0.15, -0.1) is 11.6 Å². The van der Waals surface area contributed by atoms with Crippen molar-refractivity contribution in [3.63, 3.8) is 0 Å². The summed E-state index contributed by atoms with van der Waals surface area (Å²) in [5.41, 5.74) is 2.53. The van der Waals surface area contributed by atoms with Crippen molar-refractivity contribution in [2.24, 2.45) is 0 Å². The van der Waals surface area contributed by atoms with Crippen LogP contribution in [0.2, 0.25) is 0 Å². The maximum absolute atomic E-state index is 13.5. The number of carbonyl (C=O) groups excluding carboxylic acids is 1. The number of rotatable bonds is 6. The third-order valence-corrected chi connectivity index (χ3v) is 7.37. The summed E-state index contributed by atoms with van der Waals surface area (Å²) in [4.78, 5) is 35.6. The summed E-state index contributed by atoms with van der Waals surface area (Å²) in [6.45, 7) is 5.06. The third-order valence-electron chi connectivity index (χ3n) is 6.93. The molecular formula is C29H29ClN4O2. The number of halogens is 1. The summed E-state index contributed by atoms with van der Waals surface area (Å²) < 4.78 is 1.80. The van der Waals surface area contributed by atoms with E-state index in [1.807, 2.05) is 89.8 Å². The maximum atomic E-state index is 13.5. The Bertz CT molecular complexity index is 1400. The summed E-state index contributed by atoms with van der Waals surface area (Å²) in [6, 6.07) is 26.8. The topological polar surface area (TPSA) is 58.4 Å². The number of hydrogen-bond acceptors (Lipinski definition) is 4. The van der Waals surface area contributed by atoms with Crippen LogP contribution in [0.4, 0.5) is 0 Å². The zero-order valence-corrected chi connectivity index (χ0v) is 21.0. The van der Waals surface area contributed by atoms with Crippen LogP contribution >= 0.6 is 11.6 Å². The highest BCUT2D eigenvalue weighted by Gasteiger charge is 2.30. The molecule has 1 aromatic heterocycles. The zero-order chi connectivity index (χ0) is 25.1. The first-order chi connectivity index (χ1) is 17.5. The summed E-state index contributed by atoms with van der Waals surface area (Å²) >= 11 is 6.50. The van der Waals surface area contributed by atoms with Gasteiger partial charge in [-0.05, 0) is 30.2 Å². The van der Waals surface area contributed by atoms with E-state index in [-0.39, 0.29) is 17.5 Å². The Morgan fingerprint density at radius 3 is 2.19 bits per heavy atom. The molecule has 1 fully saturated rings. The van der Waals surface area contributed by atoms with Gasteiger partial charge in [0.2, 0.25) is 5.91 Å². The van der Waals surface area contributed by atoms with E-state index in [0.29, 0.717) is 43.6 Å². The molecule has 2 unspecified atom stereocenters. The molecule has 0 saturated carbocycles. The van der Waals surface area contributed by atoms with E-state index in [4.69, 9.17) is 16.6 Å². The van der Waals surface area contributed by atoms with Gasteiger partial charge in [0.1, 0.15) is 11.2 Å². The zero-order valence-electron chi connectivity index (χ0n) is 20.3. The molecule has 36 heavy (non-hydrogen) atoms. The fourth-order valence-electron chi connectivity index (χ4n) is 4.84. The maximum Gasteiger partial charge on any atom is 0.261 e. The van der Waals surface area contributed by atoms with Gasteiger partial charge in [-0.1, -0.05) is 72.8 Å². The second-order valence-corrected chi connectivity index (χ2v) is 9.61. The molecule has 1 saturated heterocycles. The van der Waals surface area contributed by atoms with Crippen LogP contribution < -0.4 is 5.56 Å². The molecule has 6 nitrogen and oxygen atoms in total. The van der Waals surface area contributed by atoms with Crippen LogP contribution in [0.1, 0.15) is 35.3 Å². The number of piperazine rings is 1. The summed E-state index contributed by atoms with van der Waals surface area (Å²) in [5, 5.41) is -0.0674. The molecule has 7 heteroatoms. The van der Waals surface area contributed by atoms with Gasteiger partial charge in [0.15, 0.2) is 0 Å². The largest absolute Gasteiger partial charge is 0.339 e. The smallest absolute Gasteiger partial charge is 0.261 e. The molecule has 1 aliphatic heterocycles. The number of hydrogen-bond donors (Lipinski definition) is 0. The minimum Gasteiger partial charge on any atom is -0.339 e. The van der Waals surface area contributed by atoms with Crippen LogP contribution in [0.25, 0.3) is 10.9 Å². The van der Waals surface area contributed by atoms with Crippen molar-refractivity contribution in [3.05, 3.63) is 112 Å². The summed E-state index contributed by atoms with van der Waals surface area (Å²) in [6.07, 6.45) is 0.